The van der Waals surface area contributed by atoms with Gasteiger partial charge in [-0.1, -0.05) is 78.9 Å². The Labute approximate surface area is 196 Å². The van der Waals surface area contributed by atoms with Crippen LogP contribution in [0.1, 0.15) is 29.0 Å². The fourth-order valence-corrected chi connectivity index (χ4v) is 4.65. The maximum Gasteiger partial charge on any atom is 0.119 e. The molecule has 0 amide bonds. The van der Waals surface area contributed by atoms with E-state index < -0.39 is 0 Å². The molecule has 3 heteroatoms. The average Bonchev–Trinajstić information content (AvgIpc) is 2.89. The van der Waals surface area contributed by atoms with Gasteiger partial charge in [-0.2, -0.15) is 0 Å². The molecule has 4 aromatic rings. The van der Waals surface area contributed by atoms with Crippen LogP contribution < -0.4 is 10.1 Å². The van der Waals surface area contributed by atoms with E-state index in [4.69, 9.17) is 9.47 Å². The van der Waals surface area contributed by atoms with Gasteiger partial charge in [-0.05, 0) is 58.6 Å². The van der Waals surface area contributed by atoms with Crippen LogP contribution in [0, 0.1) is 0 Å². The molecule has 1 heterocycles. The molecule has 0 aromatic heterocycles. The molecule has 5 rings (SSSR count). The number of fused-ring (bicyclic) bond motifs is 1. The van der Waals surface area contributed by atoms with Gasteiger partial charge < -0.3 is 14.8 Å². The van der Waals surface area contributed by atoms with Crippen molar-refractivity contribution in [1.29, 1.82) is 0 Å². The molecule has 0 saturated carbocycles. The van der Waals surface area contributed by atoms with Gasteiger partial charge in [0.15, 0.2) is 0 Å². The van der Waals surface area contributed by atoms with Crippen molar-refractivity contribution < 1.29 is 9.47 Å². The summed E-state index contributed by atoms with van der Waals surface area (Å²) in [4.78, 5) is 0. The molecule has 168 valence electrons. The number of hydrogen-bond donors (Lipinski definition) is 1. The highest BCUT2D eigenvalue weighted by molar-refractivity contribution is 5.82. The van der Waals surface area contributed by atoms with Gasteiger partial charge in [-0.3, -0.25) is 0 Å². The standard InChI is InChI=1S/C30H31NO2/c1-2-8-28(9-3-1)32-19-17-23-10-14-26(15-11-23)29-16-18-31-21-30(29)33-22-24-12-13-25-6-4-5-7-27(25)20-24/h1-15,20,29-31H,16-19,21-22H2. The van der Waals surface area contributed by atoms with Crippen molar-refractivity contribution in [3.8, 4) is 5.75 Å². The van der Waals surface area contributed by atoms with Crippen LogP contribution in [-0.4, -0.2) is 25.8 Å². The molecule has 1 aliphatic heterocycles. The summed E-state index contributed by atoms with van der Waals surface area (Å²) in [5.74, 6) is 1.34. The van der Waals surface area contributed by atoms with Gasteiger partial charge in [0, 0.05) is 18.9 Å². The van der Waals surface area contributed by atoms with E-state index in [0.717, 1.165) is 31.7 Å². The Bertz CT molecular complexity index is 1160. The Kier molecular flexibility index (Phi) is 7.00. The van der Waals surface area contributed by atoms with E-state index in [9.17, 15) is 0 Å². The van der Waals surface area contributed by atoms with Gasteiger partial charge in [0.05, 0.1) is 19.3 Å². The lowest BCUT2D eigenvalue weighted by Crippen LogP contribution is -2.40. The summed E-state index contributed by atoms with van der Waals surface area (Å²) in [6.45, 7) is 3.26. The summed E-state index contributed by atoms with van der Waals surface area (Å²) in [6, 6.07) is 34.1. The molecular formula is C30H31NO2. The van der Waals surface area contributed by atoms with Gasteiger partial charge in [-0.15, -0.1) is 0 Å². The highest BCUT2D eigenvalue weighted by atomic mass is 16.5. The van der Waals surface area contributed by atoms with E-state index in [1.165, 1.54) is 27.5 Å². The lowest BCUT2D eigenvalue weighted by atomic mass is 9.87. The van der Waals surface area contributed by atoms with E-state index in [2.05, 4.69) is 72.0 Å². The van der Waals surface area contributed by atoms with Crippen molar-refractivity contribution >= 4 is 10.8 Å². The Morgan fingerprint density at radius 1 is 0.758 bits per heavy atom. The minimum Gasteiger partial charge on any atom is -0.493 e. The molecule has 1 fully saturated rings. The molecular weight excluding hydrogens is 406 g/mol. The fraction of sp³-hybridized carbons (Fsp3) is 0.267. The van der Waals surface area contributed by atoms with Gasteiger partial charge in [0.1, 0.15) is 5.75 Å². The molecule has 2 atom stereocenters. The number of para-hydroxylation sites is 1. The third-order valence-electron chi connectivity index (χ3n) is 6.51. The van der Waals surface area contributed by atoms with Crippen LogP contribution >= 0.6 is 0 Å². The third kappa shape index (κ3) is 5.62. The first-order valence-electron chi connectivity index (χ1n) is 11.9. The lowest BCUT2D eigenvalue weighted by Gasteiger charge is -2.32. The average molecular weight is 438 g/mol. The number of benzene rings is 4. The van der Waals surface area contributed by atoms with Gasteiger partial charge in [0.25, 0.3) is 0 Å². The zero-order valence-electron chi connectivity index (χ0n) is 19.0. The highest BCUT2D eigenvalue weighted by Gasteiger charge is 2.27. The largest absolute Gasteiger partial charge is 0.493 e. The van der Waals surface area contributed by atoms with E-state index in [1.54, 1.807) is 0 Å². The zero-order valence-corrected chi connectivity index (χ0v) is 19.0. The molecule has 0 aliphatic carbocycles. The Hall–Kier alpha value is -3.14. The minimum absolute atomic E-state index is 0.178. The summed E-state index contributed by atoms with van der Waals surface area (Å²) < 4.78 is 12.3. The Morgan fingerprint density at radius 2 is 1.52 bits per heavy atom. The maximum absolute atomic E-state index is 6.45. The second kappa shape index (κ2) is 10.7. The predicted molar refractivity (Wildman–Crippen MR) is 135 cm³/mol. The van der Waals surface area contributed by atoms with Crippen LogP contribution in [0.2, 0.25) is 0 Å². The first kappa shape index (κ1) is 21.7. The molecule has 0 spiro atoms. The topological polar surface area (TPSA) is 30.5 Å². The molecule has 1 N–H and O–H groups in total. The van der Waals surface area contributed by atoms with Crippen LogP contribution in [0.3, 0.4) is 0 Å². The molecule has 1 aliphatic rings. The van der Waals surface area contributed by atoms with Crippen LogP contribution in [0.25, 0.3) is 10.8 Å². The Balaban J connectivity index is 1.18. The zero-order chi connectivity index (χ0) is 22.3. The van der Waals surface area contributed by atoms with Crippen molar-refractivity contribution in [3.05, 3.63) is 114 Å². The van der Waals surface area contributed by atoms with E-state index in [-0.39, 0.29) is 6.10 Å². The summed E-state index contributed by atoms with van der Waals surface area (Å²) in [7, 11) is 0. The summed E-state index contributed by atoms with van der Waals surface area (Å²) in [5, 5.41) is 6.05. The monoisotopic (exact) mass is 437 g/mol. The predicted octanol–water partition coefficient (Wildman–Crippen LogP) is 6.12. The van der Waals surface area contributed by atoms with Gasteiger partial charge in [0.2, 0.25) is 0 Å². The summed E-state index contributed by atoms with van der Waals surface area (Å²) in [6.07, 6.45) is 2.18. The van der Waals surface area contributed by atoms with E-state index in [1.807, 2.05) is 30.3 Å². The summed E-state index contributed by atoms with van der Waals surface area (Å²) >= 11 is 0. The molecule has 2 unspecified atom stereocenters. The second-order valence-corrected chi connectivity index (χ2v) is 8.78. The van der Waals surface area contributed by atoms with Gasteiger partial charge in [-0.25, -0.2) is 0 Å². The SMILES string of the molecule is c1ccc(OCCc2ccc(C3CCNCC3OCc3ccc4ccccc4c3)cc2)cc1. The number of nitrogens with one attached hydrogen (secondary N) is 1. The van der Waals surface area contributed by atoms with Crippen molar-refractivity contribution in [2.24, 2.45) is 0 Å². The maximum atomic E-state index is 6.45. The van der Waals surface area contributed by atoms with Crippen LogP contribution in [-0.2, 0) is 17.8 Å². The number of rotatable bonds is 8. The molecule has 4 aromatic carbocycles. The van der Waals surface area contributed by atoms with Crippen LogP contribution in [0.15, 0.2) is 97.1 Å². The summed E-state index contributed by atoms with van der Waals surface area (Å²) in [5.41, 5.74) is 3.90. The molecule has 1 saturated heterocycles. The van der Waals surface area contributed by atoms with Crippen LogP contribution in [0.4, 0.5) is 0 Å². The minimum atomic E-state index is 0.178. The molecule has 0 radical (unpaired) electrons. The van der Waals surface area contributed by atoms with Crippen LogP contribution in [0.5, 0.6) is 5.75 Å². The molecule has 0 bridgehead atoms. The highest BCUT2D eigenvalue weighted by Crippen LogP contribution is 2.29. The fourth-order valence-electron chi connectivity index (χ4n) is 4.65. The van der Waals surface area contributed by atoms with Gasteiger partial charge >= 0.3 is 0 Å². The quantitative estimate of drug-likeness (QED) is 0.360. The molecule has 33 heavy (non-hydrogen) atoms. The van der Waals surface area contributed by atoms with Crippen molar-refractivity contribution in [1.82, 2.24) is 5.32 Å². The van der Waals surface area contributed by atoms with E-state index >= 15 is 0 Å². The van der Waals surface area contributed by atoms with Crippen molar-refractivity contribution in [3.63, 3.8) is 0 Å². The Morgan fingerprint density at radius 3 is 2.36 bits per heavy atom. The van der Waals surface area contributed by atoms with Crippen molar-refractivity contribution in [2.45, 2.75) is 31.5 Å². The smallest absolute Gasteiger partial charge is 0.119 e. The normalized spacial score (nSPS) is 18.3. The molecule has 3 nitrogen and oxygen atoms in total. The second-order valence-electron chi connectivity index (χ2n) is 8.78. The van der Waals surface area contributed by atoms with E-state index in [0.29, 0.717) is 19.1 Å². The third-order valence-corrected chi connectivity index (χ3v) is 6.51. The first-order chi connectivity index (χ1) is 16.3. The van der Waals surface area contributed by atoms with Crippen molar-refractivity contribution in [2.75, 3.05) is 19.7 Å². The number of ether oxygens (including phenoxy) is 2. The number of piperidine rings is 1. The first-order valence-corrected chi connectivity index (χ1v) is 11.9. The lowest BCUT2D eigenvalue weighted by molar-refractivity contribution is 0.0106. The number of hydrogen-bond acceptors (Lipinski definition) is 3.